The molecule has 136 valence electrons. The zero-order chi connectivity index (χ0) is 18.8. The summed E-state index contributed by atoms with van der Waals surface area (Å²) in [7, 11) is 1.62. The fraction of sp³-hybridized carbons (Fsp3) is 0.300. The third-order valence-corrected chi connectivity index (χ3v) is 5.62. The molecule has 4 nitrogen and oxygen atoms in total. The van der Waals surface area contributed by atoms with Gasteiger partial charge in [0.1, 0.15) is 0 Å². The minimum Gasteiger partial charge on any atom is -0.355 e. The van der Waals surface area contributed by atoms with Crippen LogP contribution < -0.4 is 5.32 Å². The average Bonchev–Trinajstić information content (AvgIpc) is 2.64. The number of carbonyl (C=O) groups excluding carboxylic acids is 2. The second-order valence-electron chi connectivity index (χ2n) is 6.34. The van der Waals surface area contributed by atoms with Gasteiger partial charge in [0.25, 0.3) is 5.91 Å². The summed E-state index contributed by atoms with van der Waals surface area (Å²) in [6.07, 6.45) is 0.804. The highest BCUT2D eigenvalue weighted by Gasteiger charge is 2.30. The Bertz CT molecular complexity index is 847. The maximum atomic E-state index is 12.9. The fourth-order valence-electron chi connectivity index (χ4n) is 3.51. The first-order valence-corrected chi connectivity index (χ1v) is 9.25. The zero-order valence-electron chi connectivity index (χ0n) is 14.7. The van der Waals surface area contributed by atoms with E-state index in [1.807, 2.05) is 30.0 Å². The molecule has 1 aliphatic heterocycles. The quantitative estimate of drug-likeness (QED) is 0.859. The lowest BCUT2D eigenvalue weighted by atomic mass is 9.89. The van der Waals surface area contributed by atoms with Crippen LogP contribution in [0.1, 0.15) is 40.0 Å². The van der Waals surface area contributed by atoms with Gasteiger partial charge in [-0.05, 0) is 48.2 Å². The van der Waals surface area contributed by atoms with Gasteiger partial charge in [-0.2, -0.15) is 0 Å². The van der Waals surface area contributed by atoms with Crippen LogP contribution in [0.3, 0.4) is 0 Å². The molecule has 1 heterocycles. The van der Waals surface area contributed by atoms with E-state index in [1.54, 1.807) is 25.2 Å². The molecule has 1 atom stereocenters. The lowest BCUT2D eigenvalue weighted by Crippen LogP contribution is -2.40. The van der Waals surface area contributed by atoms with Crippen LogP contribution in [0.2, 0.25) is 10.0 Å². The van der Waals surface area contributed by atoms with Crippen molar-refractivity contribution >= 4 is 35.0 Å². The number of hydrogen-bond acceptors (Lipinski definition) is 2. The van der Waals surface area contributed by atoms with Gasteiger partial charge in [-0.15, -0.1) is 0 Å². The molecule has 0 aliphatic carbocycles. The maximum absolute atomic E-state index is 12.9. The minimum absolute atomic E-state index is 0.0245. The number of benzene rings is 2. The number of nitrogens with zero attached hydrogens (tertiary/aromatic N) is 1. The number of carbonyl (C=O) groups is 2. The largest absolute Gasteiger partial charge is 0.355 e. The van der Waals surface area contributed by atoms with Gasteiger partial charge in [0, 0.05) is 29.2 Å². The molecule has 0 unspecified atom stereocenters. The third-order valence-electron chi connectivity index (χ3n) is 4.91. The summed E-state index contributed by atoms with van der Waals surface area (Å²) < 4.78 is 0. The summed E-state index contributed by atoms with van der Waals surface area (Å²) in [4.78, 5) is 26.8. The van der Waals surface area contributed by atoms with E-state index in [0.29, 0.717) is 34.1 Å². The Kier molecular flexibility index (Phi) is 5.54. The molecule has 0 bridgehead atoms. The van der Waals surface area contributed by atoms with Gasteiger partial charge in [-0.1, -0.05) is 41.4 Å². The average molecular weight is 391 g/mol. The highest BCUT2D eigenvalue weighted by Crippen LogP contribution is 2.33. The summed E-state index contributed by atoms with van der Waals surface area (Å²) in [5, 5.41) is 3.67. The van der Waals surface area contributed by atoms with Gasteiger partial charge < -0.3 is 10.2 Å². The zero-order valence-corrected chi connectivity index (χ0v) is 16.2. The van der Waals surface area contributed by atoms with Crippen molar-refractivity contribution in [2.24, 2.45) is 0 Å². The predicted molar refractivity (Wildman–Crippen MR) is 104 cm³/mol. The molecule has 2 amide bonds. The fourth-order valence-corrected chi connectivity index (χ4v) is 4.04. The van der Waals surface area contributed by atoms with Crippen LogP contribution in [0.4, 0.5) is 0 Å². The van der Waals surface area contributed by atoms with Crippen LogP contribution in [0.15, 0.2) is 36.4 Å². The van der Waals surface area contributed by atoms with Crippen LogP contribution in [0.5, 0.6) is 0 Å². The summed E-state index contributed by atoms with van der Waals surface area (Å²) in [5.74, 6) is -0.125. The molecule has 6 heteroatoms. The molecule has 0 aromatic heterocycles. The summed E-state index contributed by atoms with van der Waals surface area (Å²) in [5.41, 5.74) is 3.35. The number of amides is 2. The highest BCUT2D eigenvalue weighted by molar-refractivity contribution is 6.36. The number of halogens is 2. The summed E-state index contributed by atoms with van der Waals surface area (Å²) in [6, 6.07) is 10.8. The first-order chi connectivity index (χ1) is 12.4. The van der Waals surface area contributed by atoms with Crippen molar-refractivity contribution < 1.29 is 9.59 Å². The number of rotatable bonds is 3. The van der Waals surface area contributed by atoms with Crippen molar-refractivity contribution in [2.75, 3.05) is 13.6 Å². The number of fused-ring (bicyclic) bond motifs is 1. The third kappa shape index (κ3) is 3.44. The van der Waals surface area contributed by atoms with Crippen molar-refractivity contribution in [1.29, 1.82) is 0 Å². The predicted octanol–water partition coefficient (Wildman–Crippen LogP) is 4.04. The topological polar surface area (TPSA) is 49.4 Å². The van der Waals surface area contributed by atoms with E-state index in [0.717, 1.165) is 11.1 Å². The molecule has 0 radical (unpaired) electrons. The molecule has 26 heavy (non-hydrogen) atoms. The van der Waals surface area contributed by atoms with Gasteiger partial charge >= 0.3 is 0 Å². The van der Waals surface area contributed by atoms with Crippen molar-refractivity contribution in [3.8, 4) is 0 Å². The second kappa shape index (κ2) is 7.68. The van der Waals surface area contributed by atoms with E-state index in [4.69, 9.17) is 23.2 Å². The van der Waals surface area contributed by atoms with Crippen molar-refractivity contribution in [1.82, 2.24) is 10.2 Å². The van der Waals surface area contributed by atoms with E-state index in [-0.39, 0.29) is 24.3 Å². The lowest BCUT2D eigenvalue weighted by Gasteiger charge is -2.36. The molecule has 3 rings (SSSR count). The minimum atomic E-state index is -0.114. The molecule has 2 aromatic rings. The Hall–Kier alpha value is -2.04. The number of hydrogen-bond donors (Lipinski definition) is 1. The van der Waals surface area contributed by atoms with Gasteiger partial charge in [-0.25, -0.2) is 0 Å². The van der Waals surface area contributed by atoms with Crippen LogP contribution in [0.25, 0.3) is 0 Å². The Morgan fingerprint density at radius 2 is 1.81 bits per heavy atom. The SMILES string of the molecule is CNC(=O)c1cccc2c1CCN(C(=O)Cc1c(Cl)cccc1Cl)[C@H]2C. The molecule has 1 N–H and O–H groups in total. The van der Waals surface area contributed by atoms with Crippen molar-refractivity contribution in [2.45, 2.75) is 25.8 Å². The van der Waals surface area contributed by atoms with E-state index in [1.165, 1.54) is 0 Å². The van der Waals surface area contributed by atoms with Crippen molar-refractivity contribution in [3.05, 3.63) is 68.7 Å². The molecule has 2 aromatic carbocycles. The molecular weight excluding hydrogens is 371 g/mol. The molecule has 0 saturated heterocycles. The molecule has 1 aliphatic rings. The van der Waals surface area contributed by atoms with E-state index in [9.17, 15) is 9.59 Å². The Morgan fingerprint density at radius 3 is 2.46 bits per heavy atom. The normalized spacial score (nSPS) is 16.2. The standard InChI is InChI=1S/C20H20Cl2N2O2/c1-12-13-5-3-6-15(20(26)23-2)14(13)9-10-24(12)19(25)11-16-17(21)7-4-8-18(16)22/h3-8,12H,9-11H2,1-2H3,(H,23,26)/t12-/m0/s1. The van der Waals surface area contributed by atoms with Gasteiger partial charge in [0.2, 0.25) is 5.91 Å². The molecular formula is C20H20Cl2N2O2. The first-order valence-electron chi connectivity index (χ1n) is 8.50. The summed E-state index contributed by atoms with van der Waals surface area (Å²) in [6.45, 7) is 2.54. The maximum Gasteiger partial charge on any atom is 0.251 e. The number of nitrogens with one attached hydrogen (secondary N) is 1. The second-order valence-corrected chi connectivity index (χ2v) is 7.16. The van der Waals surface area contributed by atoms with Gasteiger partial charge in [0.15, 0.2) is 0 Å². The highest BCUT2D eigenvalue weighted by atomic mass is 35.5. The van der Waals surface area contributed by atoms with Crippen LogP contribution >= 0.6 is 23.2 Å². The van der Waals surface area contributed by atoms with Crippen LogP contribution in [-0.4, -0.2) is 30.3 Å². The first kappa shape index (κ1) is 18.7. The van der Waals surface area contributed by atoms with E-state index in [2.05, 4.69) is 5.32 Å². The van der Waals surface area contributed by atoms with E-state index < -0.39 is 0 Å². The Morgan fingerprint density at radius 1 is 1.15 bits per heavy atom. The molecule has 0 fully saturated rings. The van der Waals surface area contributed by atoms with Crippen LogP contribution in [0, 0.1) is 0 Å². The van der Waals surface area contributed by atoms with Gasteiger partial charge in [-0.3, -0.25) is 9.59 Å². The lowest BCUT2D eigenvalue weighted by molar-refractivity contribution is -0.133. The van der Waals surface area contributed by atoms with Crippen LogP contribution in [-0.2, 0) is 17.6 Å². The van der Waals surface area contributed by atoms with Gasteiger partial charge in [0.05, 0.1) is 12.5 Å². The monoisotopic (exact) mass is 390 g/mol. The Labute approximate surface area is 163 Å². The summed E-state index contributed by atoms with van der Waals surface area (Å²) >= 11 is 12.4. The molecule has 0 spiro atoms. The Balaban J connectivity index is 1.86. The molecule has 0 saturated carbocycles. The van der Waals surface area contributed by atoms with E-state index >= 15 is 0 Å². The smallest absolute Gasteiger partial charge is 0.251 e. The van der Waals surface area contributed by atoms with Crippen molar-refractivity contribution in [3.63, 3.8) is 0 Å².